The van der Waals surface area contributed by atoms with Crippen molar-refractivity contribution in [3.05, 3.63) is 52.6 Å². The van der Waals surface area contributed by atoms with Crippen LogP contribution in [0.4, 0.5) is 0 Å². The Morgan fingerprint density at radius 3 is 2.64 bits per heavy atom. The summed E-state index contributed by atoms with van der Waals surface area (Å²) in [6, 6.07) is 9.39. The Hall–Kier alpha value is -2.49. The van der Waals surface area contributed by atoms with Crippen LogP contribution in [0.3, 0.4) is 0 Å². The molecule has 0 radical (unpaired) electrons. The molecule has 114 valence electrons. The van der Waals surface area contributed by atoms with Gasteiger partial charge in [0, 0.05) is 11.1 Å². The number of carbonyl (C=O) groups is 1. The highest BCUT2D eigenvalue weighted by Crippen LogP contribution is 2.41. The number of carboxylic acid groups (broad SMARTS) is 1. The van der Waals surface area contributed by atoms with Crippen LogP contribution < -0.4 is 4.74 Å². The minimum absolute atomic E-state index is 0.0388. The normalized spacial score (nSPS) is 14.3. The zero-order valence-corrected chi connectivity index (χ0v) is 12.6. The van der Waals surface area contributed by atoms with Gasteiger partial charge in [-0.25, -0.2) is 0 Å². The van der Waals surface area contributed by atoms with E-state index in [2.05, 4.69) is 6.07 Å². The Labute approximate surface area is 129 Å². The van der Waals surface area contributed by atoms with Gasteiger partial charge in [-0.15, -0.1) is 0 Å². The monoisotopic (exact) mass is 298 g/mol. The Balaban J connectivity index is 2.04. The maximum atomic E-state index is 11.2. The summed E-state index contributed by atoms with van der Waals surface area (Å²) < 4.78 is 5.93. The summed E-state index contributed by atoms with van der Waals surface area (Å²) in [6.45, 7) is 3.60. The van der Waals surface area contributed by atoms with Gasteiger partial charge < -0.3 is 14.9 Å². The van der Waals surface area contributed by atoms with Crippen LogP contribution in [0.15, 0.2) is 30.3 Å². The largest absolute Gasteiger partial charge is 0.507 e. The zero-order chi connectivity index (χ0) is 15.9. The Morgan fingerprint density at radius 2 is 1.91 bits per heavy atom. The van der Waals surface area contributed by atoms with E-state index in [-0.39, 0.29) is 5.75 Å². The number of aromatic hydroxyl groups is 1. The quantitative estimate of drug-likeness (QED) is 0.885. The second-order valence-electron chi connectivity index (χ2n) is 5.75. The lowest BCUT2D eigenvalue weighted by atomic mass is 9.94. The Kier molecular flexibility index (Phi) is 3.53. The summed E-state index contributed by atoms with van der Waals surface area (Å²) in [5, 5.41) is 19.6. The van der Waals surface area contributed by atoms with Gasteiger partial charge in [0.1, 0.15) is 17.2 Å². The molecule has 0 amide bonds. The van der Waals surface area contributed by atoms with Crippen LogP contribution in [0.25, 0.3) is 0 Å². The first-order valence-electron chi connectivity index (χ1n) is 7.32. The summed E-state index contributed by atoms with van der Waals surface area (Å²) in [6.07, 6.45) is 1.38. The van der Waals surface area contributed by atoms with Gasteiger partial charge >= 0.3 is 5.97 Å². The van der Waals surface area contributed by atoms with Crippen molar-refractivity contribution < 1.29 is 19.7 Å². The number of aliphatic carboxylic acids is 1. The number of hydrogen-bond acceptors (Lipinski definition) is 3. The molecule has 1 aliphatic heterocycles. The number of rotatable bonds is 2. The third-order valence-electron chi connectivity index (χ3n) is 4.19. The van der Waals surface area contributed by atoms with Crippen molar-refractivity contribution in [3.63, 3.8) is 0 Å². The van der Waals surface area contributed by atoms with Crippen molar-refractivity contribution in [1.82, 2.24) is 0 Å². The summed E-state index contributed by atoms with van der Waals surface area (Å²) in [4.78, 5) is 11.2. The number of fused-ring (bicyclic) bond motifs is 2. The van der Waals surface area contributed by atoms with Crippen molar-refractivity contribution in [2.24, 2.45) is 0 Å². The fourth-order valence-corrected chi connectivity index (χ4v) is 2.84. The van der Waals surface area contributed by atoms with Gasteiger partial charge in [-0.05, 0) is 44.4 Å². The molecule has 1 unspecified atom stereocenters. The standard InChI is InChI=1S/C18H18O4/c1-10-3-7-15-12(9-10)4-5-14-16(22-15)8-6-13(17(14)19)11(2)18(20)21/h3,6-9,11,19H,4-5H2,1-2H3,(H,20,21). The minimum Gasteiger partial charge on any atom is -0.507 e. The number of aryl methyl sites for hydroxylation is 2. The third kappa shape index (κ3) is 2.41. The van der Waals surface area contributed by atoms with Crippen LogP contribution in [0.1, 0.15) is 35.1 Å². The van der Waals surface area contributed by atoms with E-state index in [0.29, 0.717) is 23.3 Å². The topological polar surface area (TPSA) is 66.8 Å². The van der Waals surface area contributed by atoms with E-state index in [1.807, 2.05) is 19.1 Å². The molecule has 3 rings (SSSR count). The van der Waals surface area contributed by atoms with Gasteiger partial charge in [-0.1, -0.05) is 23.8 Å². The average Bonchev–Trinajstić information content (AvgIpc) is 2.66. The highest BCUT2D eigenvalue weighted by atomic mass is 16.5. The maximum absolute atomic E-state index is 11.2. The number of ether oxygens (including phenoxy) is 1. The summed E-state index contributed by atoms with van der Waals surface area (Å²) in [5.41, 5.74) is 3.37. The van der Waals surface area contributed by atoms with Crippen LogP contribution in [-0.2, 0) is 17.6 Å². The molecule has 0 saturated heterocycles. The smallest absolute Gasteiger partial charge is 0.310 e. The highest BCUT2D eigenvalue weighted by Gasteiger charge is 2.24. The van der Waals surface area contributed by atoms with Gasteiger partial charge in [-0.2, -0.15) is 0 Å². The van der Waals surface area contributed by atoms with E-state index < -0.39 is 11.9 Å². The molecular formula is C18H18O4. The zero-order valence-electron chi connectivity index (χ0n) is 12.6. The van der Waals surface area contributed by atoms with Gasteiger partial charge in [0.2, 0.25) is 0 Å². The van der Waals surface area contributed by atoms with E-state index in [9.17, 15) is 9.90 Å². The molecule has 0 spiro atoms. The van der Waals surface area contributed by atoms with Crippen LogP contribution in [0, 0.1) is 6.92 Å². The molecule has 0 aromatic heterocycles. The fourth-order valence-electron chi connectivity index (χ4n) is 2.84. The number of phenols is 1. The Morgan fingerprint density at radius 1 is 1.18 bits per heavy atom. The first-order chi connectivity index (χ1) is 10.5. The summed E-state index contributed by atoms with van der Waals surface area (Å²) in [7, 11) is 0. The van der Waals surface area contributed by atoms with Crippen molar-refractivity contribution >= 4 is 5.97 Å². The van der Waals surface area contributed by atoms with Crippen molar-refractivity contribution in [3.8, 4) is 17.2 Å². The lowest BCUT2D eigenvalue weighted by Gasteiger charge is -2.15. The molecule has 1 aliphatic rings. The number of benzene rings is 2. The van der Waals surface area contributed by atoms with Crippen LogP contribution in [0.5, 0.6) is 17.2 Å². The predicted octanol–water partition coefficient (Wildman–Crippen LogP) is 3.78. The SMILES string of the molecule is Cc1ccc2c(c1)CCc1c(ccc(C(C)C(=O)O)c1O)O2. The second-order valence-corrected chi connectivity index (χ2v) is 5.75. The van der Waals surface area contributed by atoms with Gasteiger partial charge in [0.25, 0.3) is 0 Å². The first-order valence-corrected chi connectivity index (χ1v) is 7.32. The molecule has 22 heavy (non-hydrogen) atoms. The fraction of sp³-hybridized carbons (Fsp3) is 0.278. The average molecular weight is 298 g/mol. The first kappa shape index (κ1) is 14.4. The van der Waals surface area contributed by atoms with E-state index in [1.54, 1.807) is 19.1 Å². The summed E-state index contributed by atoms with van der Waals surface area (Å²) >= 11 is 0. The molecule has 1 heterocycles. The molecule has 0 saturated carbocycles. The third-order valence-corrected chi connectivity index (χ3v) is 4.19. The van der Waals surface area contributed by atoms with Crippen LogP contribution in [-0.4, -0.2) is 16.2 Å². The van der Waals surface area contributed by atoms with E-state index >= 15 is 0 Å². The number of phenolic OH excluding ortho intramolecular Hbond substituents is 1. The molecule has 2 N–H and O–H groups in total. The lowest BCUT2D eigenvalue weighted by Crippen LogP contribution is -2.08. The van der Waals surface area contributed by atoms with Gasteiger partial charge in [0.15, 0.2) is 0 Å². The second kappa shape index (κ2) is 5.37. The van der Waals surface area contributed by atoms with Gasteiger partial charge in [-0.3, -0.25) is 4.79 Å². The van der Waals surface area contributed by atoms with E-state index in [4.69, 9.17) is 9.84 Å². The lowest BCUT2D eigenvalue weighted by molar-refractivity contribution is -0.138. The number of hydrogen-bond donors (Lipinski definition) is 2. The number of carboxylic acids is 1. The van der Waals surface area contributed by atoms with Crippen molar-refractivity contribution in [2.75, 3.05) is 0 Å². The highest BCUT2D eigenvalue weighted by molar-refractivity contribution is 5.77. The van der Waals surface area contributed by atoms with Crippen LogP contribution in [0.2, 0.25) is 0 Å². The Bertz CT molecular complexity index is 749. The van der Waals surface area contributed by atoms with Crippen molar-refractivity contribution in [1.29, 1.82) is 0 Å². The van der Waals surface area contributed by atoms with Crippen molar-refractivity contribution in [2.45, 2.75) is 32.6 Å². The minimum atomic E-state index is -0.955. The molecule has 4 nitrogen and oxygen atoms in total. The molecule has 0 bridgehead atoms. The van der Waals surface area contributed by atoms with Gasteiger partial charge in [0.05, 0.1) is 5.92 Å². The molecule has 2 aromatic carbocycles. The van der Waals surface area contributed by atoms with E-state index in [0.717, 1.165) is 23.3 Å². The molecule has 2 aromatic rings. The maximum Gasteiger partial charge on any atom is 0.310 e. The van der Waals surface area contributed by atoms with Crippen LogP contribution >= 0.6 is 0 Å². The van der Waals surface area contributed by atoms with E-state index in [1.165, 1.54) is 0 Å². The summed E-state index contributed by atoms with van der Waals surface area (Å²) in [5.74, 6) is -0.275. The molecule has 0 fully saturated rings. The molecule has 1 atom stereocenters. The predicted molar refractivity (Wildman–Crippen MR) is 82.8 cm³/mol. The molecule has 4 heteroatoms. The molecular weight excluding hydrogens is 280 g/mol. The molecule has 0 aliphatic carbocycles.